The molecule has 0 saturated heterocycles. The van der Waals surface area contributed by atoms with E-state index in [1.165, 1.54) is 6.33 Å². The standard InChI is InChI=1S/C19H21N7O/c1-11-7-5-6-8-15(11)23-18(27)16-13(3)22-19-20-10-21-26(19)17(16)14-9-25(4)24-12(14)2/h5-10,17H,1-4H3,(H,23,27)(H,20,21,22)/t17-/m0/s1. The van der Waals surface area contributed by atoms with E-state index in [0.717, 1.165) is 28.2 Å². The topological polar surface area (TPSA) is 89.7 Å². The SMILES string of the molecule is CC1=C(C(=O)Nc2ccccc2C)[C@H](c2cn(C)nc2C)n2ncnc2N1. The average Bonchev–Trinajstić information content (AvgIpc) is 3.21. The van der Waals surface area contributed by atoms with Gasteiger partial charge < -0.3 is 10.6 Å². The number of hydrogen-bond acceptors (Lipinski definition) is 5. The van der Waals surface area contributed by atoms with Crippen LogP contribution in [0.2, 0.25) is 0 Å². The van der Waals surface area contributed by atoms with Crippen LogP contribution in [0.25, 0.3) is 0 Å². The number of fused-ring (bicyclic) bond motifs is 1. The van der Waals surface area contributed by atoms with Gasteiger partial charge in [0.15, 0.2) is 0 Å². The number of carbonyl (C=O) groups is 1. The molecule has 27 heavy (non-hydrogen) atoms. The van der Waals surface area contributed by atoms with E-state index in [-0.39, 0.29) is 5.91 Å². The summed E-state index contributed by atoms with van der Waals surface area (Å²) < 4.78 is 3.47. The molecular weight excluding hydrogens is 342 g/mol. The number of nitrogens with zero attached hydrogens (tertiary/aromatic N) is 5. The van der Waals surface area contributed by atoms with Gasteiger partial charge in [0.25, 0.3) is 5.91 Å². The summed E-state index contributed by atoms with van der Waals surface area (Å²) in [6.45, 7) is 5.78. The third-order valence-corrected chi connectivity index (χ3v) is 4.78. The molecule has 0 spiro atoms. The number of anilines is 2. The van der Waals surface area contributed by atoms with Gasteiger partial charge >= 0.3 is 0 Å². The van der Waals surface area contributed by atoms with Gasteiger partial charge in [-0.05, 0) is 32.4 Å². The fourth-order valence-electron chi connectivity index (χ4n) is 3.46. The summed E-state index contributed by atoms with van der Waals surface area (Å²) in [5, 5.41) is 15.0. The third-order valence-electron chi connectivity index (χ3n) is 4.78. The fourth-order valence-corrected chi connectivity index (χ4v) is 3.46. The number of benzene rings is 1. The molecule has 0 aliphatic carbocycles. The summed E-state index contributed by atoms with van der Waals surface area (Å²) in [6.07, 6.45) is 3.40. The lowest BCUT2D eigenvalue weighted by molar-refractivity contribution is -0.113. The monoisotopic (exact) mass is 363 g/mol. The Kier molecular flexibility index (Phi) is 4.02. The van der Waals surface area contributed by atoms with Crippen molar-refractivity contribution in [3.05, 3.63) is 64.9 Å². The van der Waals surface area contributed by atoms with E-state index >= 15 is 0 Å². The van der Waals surface area contributed by atoms with E-state index in [4.69, 9.17) is 0 Å². The van der Waals surface area contributed by atoms with Gasteiger partial charge in [0.2, 0.25) is 5.95 Å². The summed E-state index contributed by atoms with van der Waals surface area (Å²) in [6, 6.07) is 7.31. The third kappa shape index (κ3) is 2.88. The second-order valence-corrected chi connectivity index (χ2v) is 6.71. The average molecular weight is 363 g/mol. The minimum Gasteiger partial charge on any atom is -0.328 e. The first kappa shape index (κ1) is 17.0. The number of nitrogens with one attached hydrogen (secondary N) is 2. The summed E-state index contributed by atoms with van der Waals surface area (Å²) in [5.74, 6) is 0.428. The number of aromatic nitrogens is 5. The van der Waals surface area contributed by atoms with Crippen LogP contribution in [0.3, 0.4) is 0 Å². The maximum absolute atomic E-state index is 13.3. The first-order valence-electron chi connectivity index (χ1n) is 8.70. The Labute approximate surface area is 156 Å². The van der Waals surface area contributed by atoms with E-state index < -0.39 is 6.04 Å². The lowest BCUT2D eigenvalue weighted by Gasteiger charge is -2.28. The van der Waals surface area contributed by atoms with Crippen molar-refractivity contribution in [2.75, 3.05) is 10.6 Å². The van der Waals surface area contributed by atoms with Crippen molar-refractivity contribution in [3.8, 4) is 0 Å². The normalized spacial score (nSPS) is 16.1. The number of allylic oxidation sites excluding steroid dienone is 1. The van der Waals surface area contributed by atoms with Crippen LogP contribution >= 0.6 is 0 Å². The maximum atomic E-state index is 13.3. The van der Waals surface area contributed by atoms with E-state index in [9.17, 15) is 4.79 Å². The van der Waals surface area contributed by atoms with E-state index in [2.05, 4.69) is 25.8 Å². The number of rotatable bonds is 3. The molecule has 1 aliphatic rings. The molecule has 3 heterocycles. The number of amides is 1. The van der Waals surface area contributed by atoms with Crippen LogP contribution in [0.5, 0.6) is 0 Å². The van der Waals surface area contributed by atoms with Crippen LogP contribution in [0.4, 0.5) is 11.6 Å². The molecule has 1 amide bonds. The van der Waals surface area contributed by atoms with Gasteiger partial charge in [-0.1, -0.05) is 18.2 Å². The fraction of sp³-hybridized carbons (Fsp3) is 0.263. The van der Waals surface area contributed by atoms with Crippen molar-refractivity contribution >= 4 is 17.5 Å². The van der Waals surface area contributed by atoms with Crippen molar-refractivity contribution in [1.29, 1.82) is 0 Å². The molecular formula is C19H21N7O. The molecule has 0 fully saturated rings. The molecule has 0 bridgehead atoms. The van der Waals surface area contributed by atoms with Gasteiger partial charge in [-0.15, -0.1) is 0 Å². The van der Waals surface area contributed by atoms with Crippen LogP contribution in [-0.4, -0.2) is 30.5 Å². The predicted octanol–water partition coefficient (Wildman–Crippen LogP) is 2.56. The second-order valence-electron chi connectivity index (χ2n) is 6.71. The predicted molar refractivity (Wildman–Crippen MR) is 102 cm³/mol. The van der Waals surface area contributed by atoms with Crippen LogP contribution in [0.1, 0.15) is 29.8 Å². The van der Waals surface area contributed by atoms with Crippen molar-refractivity contribution in [3.63, 3.8) is 0 Å². The molecule has 0 radical (unpaired) electrons. The molecule has 138 valence electrons. The molecule has 1 atom stereocenters. The Hall–Kier alpha value is -3.42. The zero-order chi connectivity index (χ0) is 19.1. The van der Waals surface area contributed by atoms with Crippen LogP contribution in [0.15, 0.2) is 48.1 Å². The zero-order valence-electron chi connectivity index (χ0n) is 15.7. The molecule has 4 rings (SSSR count). The van der Waals surface area contributed by atoms with Gasteiger partial charge in [-0.25, -0.2) is 4.68 Å². The lowest BCUT2D eigenvalue weighted by atomic mass is 9.95. The Morgan fingerprint density at radius 3 is 2.70 bits per heavy atom. The molecule has 2 N–H and O–H groups in total. The minimum atomic E-state index is -0.401. The quantitative estimate of drug-likeness (QED) is 0.746. The van der Waals surface area contributed by atoms with E-state index in [0.29, 0.717) is 11.5 Å². The van der Waals surface area contributed by atoms with Gasteiger partial charge in [0, 0.05) is 30.2 Å². The summed E-state index contributed by atoms with van der Waals surface area (Å²) >= 11 is 0. The molecule has 8 nitrogen and oxygen atoms in total. The molecule has 3 aromatic rings. The minimum absolute atomic E-state index is 0.177. The first-order chi connectivity index (χ1) is 13.0. The van der Waals surface area contributed by atoms with Crippen molar-refractivity contribution in [1.82, 2.24) is 24.5 Å². The van der Waals surface area contributed by atoms with Crippen molar-refractivity contribution < 1.29 is 4.79 Å². The highest BCUT2D eigenvalue weighted by Crippen LogP contribution is 2.36. The lowest BCUT2D eigenvalue weighted by Crippen LogP contribution is -2.31. The van der Waals surface area contributed by atoms with E-state index in [1.54, 1.807) is 9.36 Å². The Morgan fingerprint density at radius 1 is 1.22 bits per heavy atom. The van der Waals surface area contributed by atoms with Gasteiger partial charge in [-0.3, -0.25) is 9.48 Å². The summed E-state index contributed by atoms with van der Waals surface area (Å²) in [4.78, 5) is 17.5. The maximum Gasteiger partial charge on any atom is 0.255 e. The Balaban J connectivity index is 1.80. The smallest absolute Gasteiger partial charge is 0.255 e. The molecule has 1 aliphatic heterocycles. The van der Waals surface area contributed by atoms with Crippen molar-refractivity contribution in [2.45, 2.75) is 26.8 Å². The summed E-state index contributed by atoms with van der Waals surface area (Å²) in [7, 11) is 1.86. The highest BCUT2D eigenvalue weighted by Gasteiger charge is 2.35. The van der Waals surface area contributed by atoms with Crippen LogP contribution in [0, 0.1) is 13.8 Å². The van der Waals surface area contributed by atoms with E-state index in [1.807, 2.05) is 58.3 Å². The largest absolute Gasteiger partial charge is 0.328 e. The molecule has 2 aromatic heterocycles. The molecule has 1 aromatic carbocycles. The van der Waals surface area contributed by atoms with Crippen molar-refractivity contribution in [2.24, 2.45) is 7.05 Å². The number of aryl methyl sites for hydroxylation is 3. The van der Waals surface area contributed by atoms with Gasteiger partial charge in [-0.2, -0.15) is 15.2 Å². The molecule has 0 saturated carbocycles. The zero-order valence-corrected chi connectivity index (χ0v) is 15.7. The Morgan fingerprint density at radius 2 is 2.00 bits per heavy atom. The highest BCUT2D eigenvalue weighted by atomic mass is 16.1. The highest BCUT2D eigenvalue weighted by molar-refractivity contribution is 6.06. The van der Waals surface area contributed by atoms with Gasteiger partial charge in [0.1, 0.15) is 12.4 Å². The van der Waals surface area contributed by atoms with Crippen LogP contribution < -0.4 is 10.6 Å². The molecule has 8 heteroatoms. The Bertz CT molecular complexity index is 1060. The number of para-hydroxylation sites is 1. The van der Waals surface area contributed by atoms with Gasteiger partial charge in [0.05, 0.1) is 11.3 Å². The second kappa shape index (κ2) is 6.39. The number of carbonyl (C=O) groups excluding carboxylic acids is 1. The molecule has 0 unspecified atom stereocenters. The first-order valence-corrected chi connectivity index (χ1v) is 8.70. The summed E-state index contributed by atoms with van der Waals surface area (Å²) in [5.41, 5.74) is 4.89. The number of hydrogen-bond donors (Lipinski definition) is 2. The van der Waals surface area contributed by atoms with Crippen LogP contribution in [-0.2, 0) is 11.8 Å².